The van der Waals surface area contributed by atoms with E-state index in [0.717, 1.165) is 28.0 Å². The lowest BCUT2D eigenvalue weighted by atomic mass is 9.80. The minimum atomic E-state index is -1.58. The number of phenolic OH excluding ortho intramolecular Hbond substituents is 2. The Morgan fingerprint density at radius 3 is 2.55 bits per heavy atom. The number of carbonyl (C=O) groups excluding carboxylic acids is 3. The number of hydrogen-bond acceptors (Lipinski definition) is 13. The number of thiazole rings is 1. The van der Waals surface area contributed by atoms with Crippen LogP contribution in [0.25, 0.3) is 0 Å². The van der Waals surface area contributed by atoms with Crippen molar-refractivity contribution < 1.29 is 49.2 Å². The number of phenols is 2. The topological polar surface area (TPSA) is 254 Å². The van der Waals surface area contributed by atoms with Crippen molar-refractivity contribution in [1.82, 2.24) is 20.5 Å². The summed E-state index contributed by atoms with van der Waals surface area (Å²) in [7, 11) is 0. The lowest BCUT2D eigenvalue weighted by molar-refractivity contribution is -0.178. The van der Waals surface area contributed by atoms with E-state index >= 15 is 0 Å². The summed E-state index contributed by atoms with van der Waals surface area (Å²) in [6, 6.07) is 1.29. The van der Waals surface area contributed by atoms with E-state index in [2.05, 4.69) is 36.7 Å². The molecule has 3 amide bonds. The van der Waals surface area contributed by atoms with Gasteiger partial charge in [-0.3, -0.25) is 19.3 Å². The van der Waals surface area contributed by atoms with E-state index in [1.807, 2.05) is 0 Å². The number of hydrogen-bond donors (Lipinski definition) is 7. The molecule has 1 aromatic carbocycles. The van der Waals surface area contributed by atoms with Crippen LogP contribution in [-0.2, 0) is 24.0 Å². The molecule has 1 unspecified atom stereocenters. The van der Waals surface area contributed by atoms with Gasteiger partial charge in [-0.2, -0.15) is 0 Å². The minimum Gasteiger partial charge on any atom is -0.504 e. The highest BCUT2D eigenvalue weighted by atomic mass is 79.9. The van der Waals surface area contributed by atoms with Crippen LogP contribution >= 0.6 is 39.0 Å². The van der Waals surface area contributed by atoms with Gasteiger partial charge in [-0.05, 0) is 24.1 Å². The van der Waals surface area contributed by atoms with Crippen LogP contribution in [0.15, 0.2) is 38.4 Å². The molecule has 2 aromatic rings. The molecule has 1 saturated heterocycles. The number of aromatic hydroxyl groups is 2. The number of aromatic nitrogens is 1. The quantitative estimate of drug-likeness (QED) is 0.0780. The number of nitrogens with two attached hydrogens (primary N) is 1. The molecule has 19 heteroatoms. The van der Waals surface area contributed by atoms with Crippen LogP contribution in [0.3, 0.4) is 0 Å². The Hall–Kier alpha value is -4.36. The minimum absolute atomic E-state index is 0.00117. The average Bonchev–Trinajstić information content (AvgIpc) is 3.38. The Morgan fingerprint density at radius 1 is 1.23 bits per heavy atom. The molecule has 1 aromatic heterocycles. The first-order valence-electron chi connectivity index (χ1n) is 12.7. The number of β-lactam (4-membered cyclic amide) rings is 1. The molecule has 5 rings (SSSR count). The molecule has 0 bridgehead atoms. The molecule has 3 heterocycles. The van der Waals surface area contributed by atoms with Crippen molar-refractivity contribution in [2.75, 3.05) is 18.0 Å². The largest absolute Gasteiger partial charge is 0.504 e. The highest BCUT2D eigenvalue weighted by Crippen LogP contribution is 2.41. The number of anilines is 1. The van der Waals surface area contributed by atoms with Gasteiger partial charge in [-0.25, -0.2) is 14.6 Å². The fourth-order valence-electron chi connectivity index (χ4n) is 4.64. The zero-order valence-electron chi connectivity index (χ0n) is 22.3. The standard InChI is InChI=1S/C25H23BrN6O10S2/c26-10-4-11(17(34)13(33)5-10)18(35)28-6-9-7-43-21-15(20(37)32(21)16(9)22(38)39)30-19(36)14(12-8-44-24(27)29-12)31-42-25(23(40)41)2-1-3-25/h4-5,8,15,21,33-34H,1-3,6-7H2,(H2,27,29)(H,28,35)(H,30,36)(H,38,39)(H,40,41)/b31-14-/t15?,21-/m1/s1. The third kappa shape index (κ3) is 5.64. The van der Waals surface area contributed by atoms with Crippen molar-refractivity contribution in [3.8, 4) is 11.5 Å². The van der Waals surface area contributed by atoms with Crippen LogP contribution in [0, 0.1) is 0 Å². The molecule has 0 radical (unpaired) electrons. The fourth-order valence-corrected chi connectivity index (χ4v) is 6.98. The van der Waals surface area contributed by atoms with E-state index in [4.69, 9.17) is 10.6 Å². The van der Waals surface area contributed by atoms with E-state index < -0.39 is 63.9 Å². The smallest absolute Gasteiger partial charge is 0.352 e. The first-order chi connectivity index (χ1) is 20.8. The molecular formula is C25H23BrN6O10S2. The van der Waals surface area contributed by atoms with Crippen molar-refractivity contribution in [2.45, 2.75) is 36.3 Å². The summed E-state index contributed by atoms with van der Waals surface area (Å²) < 4.78 is 0.321. The summed E-state index contributed by atoms with van der Waals surface area (Å²) in [6.45, 7) is -0.293. The van der Waals surface area contributed by atoms with Crippen LogP contribution in [0.2, 0.25) is 0 Å². The molecule has 232 valence electrons. The van der Waals surface area contributed by atoms with Gasteiger partial charge in [0.1, 0.15) is 22.8 Å². The van der Waals surface area contributed by atoms with E-state index in [1.54, 1.807) is 0 Å². The average molecular weight is 712 g/mol. The Morgan fingerprint density at radius 2 is 1.95 bits per heavy atom. The van der Waals surface area contributed by atoms with E-state index in [9.17, 15) is 44.4 Å². The lowest BCUT2D eigenvalue weighted by Crippen LogP contribution is -2.71. The summed E-state index contributed by atoms with van der Waals surface area (Å²) in [4.78, 5) is 73.3. The number of carboxylic acids is 2. The molecule has 2 fully saturated rings. The molecular weight excluding hydrogens is 688 g/mol. The molecule has 0 spiro atoms. The normalized spacial score (nSPS) is 20.6. The monoisotopic (exact) mass is 710 g/mol. The zero-order chi connectivity index (χ0) is 31.9. The van der Waals surface area contributed by atoms with Gasteiger partial charge in [0, 0.05) is 35.0 Å². The Balaban J connectivity index is 1.31. The SMILES string of the molecule is Nc1nc(/C(=N/OC2(C(=O)O)CCC2)C(=O)NC2C(=O)N3C(C(=O)O)=C(CNC(=O)c4cc(Br)cc(O)c4O)CS[C@H]23)cs1. The number of fused-ring (bicyclic) bond motifs is 1. The van der Waals surface area contributed by atoms with Crippen molar-refractivity contribution in [2.24, 2.45) is 5.16 Å². The van der Waals surface area contributed by atoms with E-state index in [0.29, 0.717) is 10.9 Å². The number of oxime groups is 1. The van der Waals surface area contributed by atoms with Crippen molar-refractivity contribution >= 4 is 79.5 Å². The second kappa shape index (κ2) is 12.0. The highest BCUT2D eigenvalue weighted by Gasteiger charge is 2.54. The Kier molecular flexibility index (Phi) is 8.45. The summed E-state index contributed by atoms with van der Waals surface area (Å²) >= 11 is 5.25. The summed E-state index contributed by atoms with van der Waals surface area (Å²) in [5, 5.41) is 48.8. The number of aliphatic carboxylic acids is 2. The molecule has 2 aliphatic heterocycles. The predicted molar refractivity (Wildman–Crippen MR) is 158 cm³/mol. The van der Waals surface area contributed by atoms with Crippen LogP contribution in [0.4, 0.5) is 5.13 Å². The maximum Gasteiger partial charge on any atom is 0.352 e. The van der Waals surface area contributed by atoms with Crippen molar-refractivity contribution in [1.29, 1.82) is 0 Å². The predicted octanol–water partition coefficient (Wildman–Crippen LogP) is 0.796. The number of amides is 3. The van der Waals surface area contributed by atoms with E-state index in [-0.39, 0.29) is 52.8 Å². The first kappa shape index (κ1) is 31.1. The molecule has 3 aliphatic rings. The van der Waals surface area contributed by atoms with Gasteiger partial charge in [-0.1, -0.05) is 21.1 Å². The summed E-state index contributed by atoms with van der Waals surface area (Å²) in [6.07, 6.45) is 0.974. The molecule has 16 nitrogen and oxygen atoms in total. The Bertz CT molecular complexity index is 1660. The number of nitrogens with one attached hydrogen (secondary N) is 2. The van der Waals surface area contributed by atoms with Crippen LogP contribution in [-0.4, -0.2) is 95.0 Å². The number of carboxylic acid groups (broad SMARTS) is 2. The molecule has 1 aliphatic carbocycles. The lowest BCUT2D eigenvalue weighted by Gasteiger charge is -2.49. The zero-order valence-corrected chi connectivity index (χ0v) is 25.5. The third-order valence-corrected chi connectivity index (χ3v) is 9.61. The fraction of sp³-hybridized carbons (Fsp3) is 0.320. The molecule has 44 heavy (non-hydrogen) atoms. The van der Waals surface area contributed by atoms with Gasteiger partial charge in [0.15, 0.2) is 22.3 Å². The van der Waals surface area contributed by atoms with E-state index in [1.165, 1.54) is 17.5 Å². The Labute approximate surface area is 264 Å². The van der Waals surface area contributed by atoms with Crippen molar-refractivity contribution in [3.05, 3.63) is 44.5 Å². The first-order valence-corrected chi connectivity index (χ1v) is 15.5. The van der Waals surface area contributed by atoms with Gasteiger partial charge < -0.3 is 41.6 Å². The summed E-state index contributed by atoms with van der Waals surface area (Å²) in [5.41, 5.74) is 3.27. The number of rotatable bonds is 10. The maximum absolute atomic E-state index is 13.3. The number of thioether (sulfide) groups is 1. The van der Waals surface area contributed by atoms with Crippen LogP contribution in [0.5, 0.6) is 11.5 Å². The van der Waals surface area contributed by atoms with Crippen LogP contribution in [0.1, 0.15) is 35.3 Å². The number of halogens is 1. The summed E-state index contributed by atoms with van der Waals surface area (Å²) in [5.74, 6) is -6.26. The van der Waals surface area contributed by atoms with Gasteiger partial charge in [0.2, 0.25) is 5.60 Å². The molecule has 1 saturated carbocycles. The van der Waals surface area contributed by atoms with Crippen molar-refractivity contribution in [3.63, 3.8) is 0 Å². The number of benzene rings is 1. The van der Waals surface area contributed by atoms with Gasteiger partial charge >= 0.3 is 11.9 Å². The second-order valence-corrected chi connectivity index (χ2v) is 12.8. The van der Waals surface area contributed by atoms with Gasteiger partial charge in [0.05, 0.1) is 5.56 Å². The number of nitrogens with zero attached hydrogens (tertiary/aromatic N) is 3. The van der Waals surface area contributed by atoms with Gasteiger partial charge in [0.25, 0.3) is 17.7 Å². The highest BCUT2D eigenvalue weighted by molar-refractivity contribution is 9.10. The second-order valence-electron chi connectivity index (χ2n) is 9.88. The maximum atomic E-state index is 13.3. The molecule has 8 N–H and O–H groups in total. The molecule has 2 atom stereocenters. The number of carbonyl (C=O) groups is 5. The number of nitrogen functional groups attached to an aromatic ring is 1. The third-order valence-electron chi connectivity index (χ3n) is 7.14. The van der Waals surface area contributed by atoms with Crippen LogP contribution < -0.4 is 16.4 Å². The van der Waals surface area contributed by atoms with Gasteiger partial charge in [-0.15, -0.1) is 23.1 Å².